The third-order valence-electron chi connectivity index (χ3n) is 4.18. The number of aryl methyl sites for hydroxylation is 2. The summed E-state index contributed by atoms with van der Waals surface area (Å²) in [7, 11) is 0. The number of hydrogen-bond donors (Lipinski definition) is 1. The van der Waals surface area contributed by atoms with E-state index in [1.807, 2.05) is 68.6 Å². The summed E-state index contributed by atoms with van der Waals surface area (Å²) < 4.78 is 1.40. The van der Waals surface area contributed by atoms with E-state index in [9.17, 15) is 9.59 Å². The van der Waals surface area contributed by atoms with Gasteiger partial charge in [0.2, 0.25) is 5.91 Å². The maximum Gasteiger partial charge on any atom is 0.255 e. The van der Waals surface area contributed by atoms with Crippen LogP contribution in [-0.2, 0) is 11.3 Å². The Morgan fingerprint density at radius 1 is 1.11 bits per heavy atom. The molecule has 2 aromatic carbocycles. The average Bonchev–Trinajstić information content (AvgIpc) is 2.66. The Labute approximate surface area is 162 Å². The highest BCUT2D eigenvalue weighted by molar-refractivity contribution is 7.98. The number of thioether (sulfide) groups is 1. The standard InChI is InChI=1S/C21H21N3O2S/c1-14-9-10-17(15(2)11-14)22-19(25)13-24-20(26)12-18(23-21(24)27-3)16-7-5-4-6-8-16/h4-12H,13H2,1-3H3,(H,22,25). The number of hydrogen-bond acceptors (Lipinski definition) is 4. The molecule has 5 nitrogen and oxygen atoms in total. The van der Waals surface area contributed by atoms with Crippen LogP contribution < -0.4 is 10.9 Å². The highest BCUT2D eigenvalue weighted by Gasteiger charge is 2.13. The van der Waals surface area contributed by atoms with E-state index in [1.165, 1.54) is 22.4 Å². The number of nitrogens with zero attached hydrogens (tertiary/aromatic N) is 2. The molecule has 0 aliphatic rings. The van der Waals surface area contributed by atoms with Crippen LogP contribution in [0.25, 0.3) is 11.3 Å². The first-order chi connectivity index (χ1) is 13.0. The van der Waals surface area contributed by atoms with E-state index in [-0.39, 0.29) is 18.0 Å². The van der Waals surface area contributed by atoms with Gasteiger partial charge in [0.05, 0.1) is 5.69 Å². The van der Waals surface area contributed by atoms with Crippen LogP contribution in [0.3, 0.4) is 0 Å². The second kappa shape index (κ2) is 8.22. The number of aromatic nitrogens is 2. The molecule has 1 aromatic heterocycles. The quantitative estimate of drug-likeness (QED) is 0.540. The molecule has 138 valence electrons. The second-order valence-corrected chi connectivity index (χ2v) is 7.06. The van der Waals surface area contributed by atoms with Crippen molar-refractivity contribution in [2.24, 2.45) is 0 Å². The van der Waals surface area contributed by atoms with Gasteiger partial charge >= 0.3 is 0 Å². The van der Waals surface area contributed by atoms with Crippen molar-refractivity contribution in [1.82, 2.24) is 9.55 Å². The average molecular weight is 379 g/mol. The molecule has 27 heavy (non-hydrogen) atoms. The Morgan fingerprint density at radius 3 is 2.52 bits per heavy atom. The van der Waals surface area contributed by atoms with Gasteiger partial charge in [-0.2, -0.15) is 0 Å². The first kappa shape index (κ1) is 18.9. The molecule has 0 aliphatic heterocycles. The zero-order chi connectivity index (χ0) is 19.4. The van der Waals surface area contributed by atoms with E-state index in [0.29, 0.717) is 10.9 Å². The van der Waals surface area contributed by atoms with Gasteiger partial charge in [0.1, 0.15) is 6.54 Å². The Balaban J connectivity index is 1.86. The molecule has 0 saturated carbocycles. The Bertz CT molecular complexity index is 1030. The molecule has 0 saturated heterocycles. The van der Waals surface area contributed by atoms with Crippen LogP contribution in [-0.4, -0.2) is 21.7 Å². The normalized spacial score (nSPS) is 10.6. The molecule has 6 heteroatoms. The Morgan fingerprint density at radius 2 is 1.85 bits per heavy atom. The van der Waals surface area contributed by atoms with Gasteiger partial charge in [-0.15, -0.1) is 0 Å². The van der Waals surface area contributed by atoms with Crippen LogP contribution in [0.5, 0.6) is 0 Å². The third-order valence-corrected chi connectivity index (χ3v) is 4.86. The predicted octanol–water partition coefficient (Wildman–Crippen LogP) is 3.89. The second-order valence-electron chi connectivity index (χ2n) is 6.29. The van der Waals surface area contributed by atoms with Gasteiger partial charge in [-0.1, -0.05) is 59.8 Å². The lowest BCUT2D eigenvalue weighted by molar-refractivity contribution is -0.116. The van der Waals surface area contributed by atoms with Gasteiger partial charge in [-0.25, -0.2) is 4.98 Å². The maximum atomic E-state index is 12.6. The van der Waals surface area contributed by atoms with Crippen LogP contribution in [0.1, 0.15) is 11.1 Å². The van der Waals surface area contributed by atoms with Crippen molar-refractivity contribution in [1.29, 1.82) is 0 Å². The summed E-state index contributed by atoms with van der Waals surface area (Å²) in [6.45, 7) is 3.87. The smallest absolute Gasteiger partial charge is 0.255 e. The number of nitrogens with one attached hydrogen (secondary N) is 1. The van der Waals surface area contributed by atoms with Gasteiger partial charge in [0.15, 0.2) is 5.16 Å². The zero-order valence-electron chi connectivity index (χ0n) is 15.5. The summed E-state index contributed by atoms with van der Waals surface area (Å²) in [5.41, 5.74) is 4.10. The predicted molar refractivity (Wildman–Crippen MR) is 110 cm³/mol. The minimum Gasteiger partial charge on any atom is -0.324 e. The van der Waals surface area contributed by atoms with Crippen LogP contribution in [0.4, 0.5) is 5.69 Å². The molecule has 0 spiro atoms. The van der Waals surface area contributed by atoms with Gasteiger partial charge in [-0.3, -0.25) is 14.2 Å². The van der Waals surface area contributed by atoms with Crippen molar-refractivity contribution in [3.05, 3.63) is 76.1 Å². The highest BCUT2D eigenvalue weighted by Crippen LogP contribution is 2.19. The van der Waals surface area contributed by atoms with Crippen molar-refractivity contribution < 1.29 is 4.79 Å². The van der Waals surface area contributed by atoms with E-state index >= 15 is 0 Å². The molecule has 3 rings (SSSR count). The van der Waals surface area contributed by atoms with Crippen molar-refractivity contribution in [3.8, 4) is 11.3 Å². The van der Waals surface area contributed by atoms with Crippen LogP contribution >= 0.6 is 11.8 Å². The minimum atomic E-state index is -0.256. The van der Waals surface area contributed by atoms with Gasteiger partial charge in [0, 0.05) is 17.3 Å². The molecule has 3 aromatic rings. The summed E-state index contributed by atoms with van der Waals surface area (Å²) in [5, 5.41) is 3.39. The van der Waals surface area contributed by atoms with Gasteiger partial charge in [-0.05, 0) is 31.7 Å². The van der Waals surface area contributed by atoms with Crippen LogP contribution in [0.15, 0.2) is 64.5 Å². The van der Waals surface area contributed by atoms with Gasteiger partial charge < -0.3 is 5.32 Å². The summed E-state index contributed by atoms with van der Waals surface area (Å²) in [4.78, 5) is 29.7. The van der Waals surface area contributed by atoms with E-state index in [1.54, 1.807) is 0 Å². The van der Waals surface area contributed by atoms with Gasteiger partial charge in [0.25, 0.3) is 5.56 Å². The summed E-state index contributed by atoms with van der Waals surface area (Å²) >= 11 is 1.34. The summed E-state index contributed by atoms with van der Waals surface area (Å²) in [6.07, 6.45) is 1.84. The lowest BCUT2D eigenvalue weighted by atomic mass is 10.1. The molecule has 0 atom stereocenters. The molecule has 0 unspecified atom stereocenters. The topological polar surface area (TPSA) is 64.0 Å². The molecule has 0 radical (unpaired) electrons. The van der Waals surface area contributed by atoms with Crippen molar-refractivity contribution in [2.75, 3.05) is 11.6 Å². The number of benzene rings is 2. The monoisotopic (exact) mass is 379 g/mol. The first-order valence-electron chi connectivity index (χ1n) is 8.56. The molecule has 1 N–H and O–H groups in total. The number of carbonyl (C=O) groups is 1. The Hall–Kier alpha value is -2.86. The van der Waals surface area contributed by atoms with Crippen molar-refractivity contribution in [2.45, 2.75) is 25.5 Å². The van der Waals surface area contributed by atoms with E-state index in [0.717, 1.165) is 22.4 Å². The molecule has 0 aliphatic carbocycles. The van der Waals surface area contributed by atoms with E-state index in [2.05, 4.69) is 10.3 Å². The van der Waals surface area contributed by atoms with E-state index in [4.69, 9.17) is 0 Å². The lowest BCUT2D eigenvalue weighted by Gasteiger charge is -2.13. The maximum absolute atomic E-state index is 12.6. The molecule has 1 heterocycles. The zero-order valence-corrected chi connectivity index (χ0v) is 16.3. The number of anilines is 1. The molecule has 0 fully saturated rings. The highest BCUT2D eigenvalue weighted by atomic mass is 32.2. The largest absolute Gasteiger partial charge is 0.324 e. The number of amides is 1. The molecule has 0 bridgehead atoms. The molecule has 1 amide bonds. The van der Waals surface area contributed by atoms with Crippen molar-refractivity contribution in [3.63, 3.8) is 0 Å². The fourth-order valence-corrected chi connectivity index (χ4v) is 3.39. The van der Waals surface area contributed by atoms with Crippen LogP contribution in [0.2, 0.25) is 0 Å². The number of rotatable bonds is 5. The Kier molecular flexibility index (Phi) is 5.76. The lowest BCUT2D eigenvalue weighted by Crippen LogP contribution is -2.29. The SMILES string of the molecule is CSc1nc(-c2ccccc2)cc(=O)n1CC(=O)Nc1ccc(C)cc1C. The minimum absolute atomic E-state index is 0.0790. The van der Waals surface area contributed by atoms with Crippen molar-refractivity contribution >= 4 is 23.4 Å². The molecular weight excluding hydrogens is 358 g/mol. The summed E-state index contributed by atoms with van der Waals surface area (Å²) in [6, 6.07) is 16.8. The fraction of sp³-hybridized carbons (Fsp3) is 0.190. The number of carbonyl (C=O) groups excluding carboxylic acids is 1. The van der Waals surface area contributed by atoms with E-state index < -0.39 is 0 Å². The first-order valence-corrected chi connectivity index (χ1v) is 9.79. The van der Waals surface area contributed by atoms with Crippen LogP contribution in [0, 0.1) is 13.8 Å². The molecular formula is C21H21N3O2S. The summed E-state index contributed by atoms with van der Waals surface area (Å²) in [5.74, 6) is -0.256. The third kappa shape index (κ3) is 4.46. The fourth-order valence-electron chi connectivity index (χ4n) is 2.83.